The van der Waals surface area contributed by atoms with Gasteiger partial charge in [-0.15, -0.1) is 0 Å². The number of carbonyl (C=O) groups excluding carboxylic acids is 1. The fourth-order valence-electron chi connectivity index (χ4n) is 2.66. The van der Waals surface area contributed by atoms with Crippen LogP contribution < -0.4 is 24.8 Å². The Labute approximate surface area is 157 Å². The molecule has 6 nitrogen and oxygen atoms in total. The number of ether oxygens (including phenoxy) is 3. The topological polar surface area (TPSA) is 68.8 Å². The molecule has 2 N–H and O–H groups in total. The maximum atomic E-state index is 12.6. The molecule has 0 radical (unpaired) electrons. The Balaban J connectivity index is 1.74. The van der Waals surface area contributed by atoms with Gasteiger partial charge in [0.2, 0.25) is 5.91 Å². The van der Waals surface area contributed by atoms with Gasteiger partial charge in [0.05, 0.1) is 18.5 Å². The van der Waals surface area contributed by atoms with Crippen molar-refractivity contribution in [1.82, 2.24) is 0 Å². The van der Waals surface area contributed by atoms with Crippen molar-refractivity contribution in [3.63, 3.8) is 0 Å². The lowest BCUT2D eigenvalue weighted by Gasteiger charge is -2.23. The van der Waals surface area contributed by atoms with Crippen LogP contribution in [0.1, 0.15) is 12.5 Å². The molecule has 3 rings (SSSR count). The van der Waals surface area contributed by atoms with Crippen LogP contribution in [-0.4, -0.2) is 32.3 Å². The third kappa shape index (κ3) is 3.80. The summed E-state index contributed by atoms with van der Waals surface area (Å²) in [4.78, 5) is 12.6. The Morgan fingerprint density at radius 3 is 2.77 bits per heavy atom. The van der Waals surface area contributed by atoms with Crippen molar-refractivity contribution in [2.24, 2.45) is 0 Å². The Morgan fingerprint density at radius 1 is 1.23 bits per heavy atom. The number of benzene rings is 2. The van der Waals surface area contributed by atoms with Gasteiger partial charge in [-0.1, -0.05) is 17.7 Å². The van der Waals surface area contributed by atoms with Gasteiger partial charge in [-0.2, -0.15) is 0 Å². The number of anilines is 2. The van der Waals surface area contributed by atoms with Gasteiger partial charge in [0.1, 0.15) is 25.0 Å². The lowest BCUT2D eigenvalue weighted by Crippen LogP contribution is -2.32. The molecule has 0 bridgehead atoms. The van der Waals surface area contributed by atoms with Gasteiger partial charge < -0.3 is 24.8 Å². The second kappa shape index (κ2) is 7.74. The minimum atomic E-state index is -0.507. The number of fused-ring (bicyclic) bond motifs is 1. The highest BCUT2D eigenvalue weighted by Gasteiger charge is 2.20. The van der Waals surface area contributed by atoms with Gasteiger partial charge in [0.25, 0.3) is 0 Å². The standard InChI is InChI=1S/C19H21ClN2O4/c1-11-9-15(17(24-3)10-13(11)20)22-19(23)12(2)21-14-5-4-6-16-18(14)26-8-7-25-16/h4-6,9-10,12,21H,7-8H2,1-3H3,(H,22,23). The first-order chi connectivity index (χ1) is 12.5. The van der Waals surface area contributed by atoms with Crippen LogP contribution in [-0.2, 0) is 4.79 Å². The van der Waals surface area contributed by atoms with Crippen molar-refractivity contribution in [3.8, 4) is 17.2 Å². The molecule has 1 aliphatic heterocycles. The van der Waals surface area contributed by atoms with Gasteiger partial charge >= 0.3 is 0 Å². The van der Waals surface area contributed by atoms with Crippen LogP contribution in [0.25, 0.3) is 0 Å². The number of methoxy groups -OCH3 is 1. The maximum absolute atomic E-state index is 12.6. The van der Waals surface area contributed by atoms with E-state index in [4.69, 9.17) is 25.8 Å². The Morgan fingerprint density at radius 2 is 2.00 bits per heavy atom. The van der Waals surface area contributed by atoms with Crippen LogP contribution >= 0.6 is 11.6 Å². The number of halogens is 1. The molecule has 1 heterocycles. The molecule has 2 aromatic rings. The zero-order chi connectivity index (χ0) is 18.7. The van der Waals surface area contributed by atoms with Gasteiger partial charge in [0, 0.05) is 11.1 Å². The Kier molecular flexibility index (Phi) is 5.42. The number of para-hydroxylation sites is 1. The van der Waals surface area contributed by atoms with Crippen molar-refractivity contribution in [2.75, 3.05) is 31.0 Å². The van der Waals surface area contributed by atoms with Gasteiger partial charge in [-0.25, -0.2) is 0 Å². The highest BCUT2D eigenvalue weighted by atomic mass is 35.5. The minimum absolute atomic E-state index is 0.209. The number of aryl methyl sites for hydroxylation is 1. The van der Waals surface area contributed by atoms with E-state index in [-0.39, 0.29) is 5.91 Å². The van der Waals surface area contributed by atoms with Gasteiger partial charge in [0.15, 0.2) is 11.5 Å². The van der Waals surface area contributed by atoms with E-state index in [1.807, 2.05) is 25.1 Å². The summed E-state index contributed by atoms with van der Waals surface area (Å²) in [6.07, 6.45) is 0. The third-order valence-electron chi connectivity index (χ3n) is 4.07. The largest absolute Gasteiger partial charge is 0.495 e. The first-order valence-electron chi connectivity index (χ1n) is 8.29. The quantitative estimate of drug-likeness (QED) is 0.829. The van der Waals surface area contributed by atoms with Crippen molar-refractivity contribution < 1.29 is 19.0 Å². The Hall–Kier alpha value is -2.60. The predicted octanol–water partition coefficient (Wildman–Crippen LogP) is 3.87. The lowest BCUT2D eigenvalue weighted by atomic mass is 10.2. The molecule has 1 aliphatic rings. The average Bonchev–Trinajstić information content (AvgIpc) is 2.64. The van der Waals surface area contributed by atoms with E-state index >= 15 is 0 Å². The SMILES string of the molecule is COc1cc(Cl)c(C)cc1NC(=O)C(C)Nc1cccc2c1OCCO2. The second-order valence-electron chi connectivity index (χ2n) is 5.99. The molecule has 2 aromatic carbocycles. The van der Waals surface area contributed by atoms with Crippen LogP contribution in [0, 0.1) is 6.92 Å². The summed E-state index contributed by atoms with van der Waals surface area (Å²) < 4.78 is 16.5. The third-order valence-corrected chi connectivity index (χ3v) is 4.48. The molecule has 0 aromatic heterocycles. The highest BCUT2D eigenvalue weighted by molar-refractivity contribution is 6.31. The number of hydrogen-bond acceptors (Lipinski definition) is 5. The molecule has 0 saturated carbocycles. The molecular weight excluding hydrogens is 356 g/mol. The summed E-state index contributed by atoms with van der Waals surface area (Å²) in [5.41, 5.74) is 2.14. The fourth-order valence-corrected chi connectivity index (χ4v) is 2.81. The molecule has 1 amide bonds. The molecule has 0 fully saturated rings. The van der Waals surface area contributed by atoms with E-state index < -0.39 is 6.04 Å². The fraction of sp³-hybridized carbons (Fsp3) is 0.316. The smallest absolute Gasteiger partial charge is 0.246 e. The molecule has 1 unspecified atom stereocenters. The van der Waals surface area contributed by atoms with Crippen molar-refractivity contribution in [1.29, 1.82) is 0 Å². The van der Waals surface area contributed by atoms with E-state index in [1.165, 1.54) is 7.11 Å². The van der Waals surface area contributed by atoms with Crippen molar-refractivity contribution >= 4 is 28.9 Å². The highest BCUT2D eigenvalue weighted by Crippen LogP contribution is 2.37. The maximum Gasteiger partial charge on any atom is 0.246 e. The first-order valence-corrected chi connectivity index (χ1v) is 8.67. The first kappa shape index (κ1) is 18.2. The number of carbonyl (C=O) groups is 1. The molecule has 7 heteroatoms. The lowest BCUT2D eigenvalue weighted by molar-refractivity contribution is -0.116. The second-order valence-corrected chi connectivity index (χ2v) is 6.39. The number of rotatable bonds is 5. The molecule has 0 spiro atoms. The average molecular weight is 377 g/mol. The van der Waals surface area contributed by atoms with Crippen LogP contribution in [0.5, 0.6) is 17.2 Å². The van der Waals surface area contributed by atoms with Crippen molar-refractivity contribution in [3.05, 3.63) is 40.9 Å². The molecule has 26 heavy (non-hydrogen) atoms. The molecule has 138 valence electrons. The normalized spacial score (nSPS) is 13.7. The number of nitrogens with one attached hydrogen (secondary N) is 2. The van der Waals surface area contributed by atoms with Crippen molar-refractivity contribution in [2.45, 2.75) is 19.9 Å². The van der Waals surface area contributed by atoms with Crippen LogP contribution in [0.3, 0.4) is 0 Å². The number of amides is 1. The molecule has 0 aliphatic carbocycles. The summed E-state index contributed by atoms with van der Waals surface area (Å²) in [5, 5.41) is 6.62. The van der Waals surface area contributed by atoms with Crippen LogP contribution in [0.15, 0.2) is 30.3 Å². The van der Waals surface area contributed by atoms with E-state index in [1.54, 1.807) is 19.1 Å². The minimum Gasteiger partial charge on any atom is -0.495 e. The monoisotopic (exact) mass is 376 g/mol. The molecular formula is C19H21ClN2O4. The summed E-state index contributed by atoms with van der Waals surface area (Å²) in [7, 11) is 1.53. The van der Waals surface area contributed by atoms with Gasteiger partial charge in [-0.05, 0) is 37.6 Å². The van der Waals surface area contributed by atoms with Crippen LogP contribution in [0.2, 0.25) is 5.02 Å². The van der Waals surface area contributed by atoms with E-state index in [9.17, 15) is 4.79 Å². The molecule has 1 atom stereocenters. The summed E-state index contributed by atoms with van der Waals surface area (Å²) in [6, 6.07) is 8.51. The summed E-state index contributed by atoms with van der Waals surface area (Å²) >= 11 is 6.11. The van der Waals surface area contributed by atoms with Crippen LogP contribution in [0.4, 0.5) is 11.4 Å². The predicted molar refractivity (Wildman–Crippen MR) is 102 cm³/mol. The molecule has 0 saturated heterocycles. The van der Waals surface area contributed by atoms with E-state index in [0.717, 1.165) is 5.56 Å². The van der Waals surface area contributed by atoms with E-state index in [2.05, 4.69) is 10.6 Å². The zero-order valence-corrected chi connectivity index (χ0v) is 15.6. The summed E-state index contributed by atoms with van der Waals surface area (Å²) in [6.45, 7) is 4.64. The summed E-state index contributed by atoms with van der Waals surface area (Å²) in [5.74, 6) is 1.59. The van der Waals surface area contributed by atoms with Gasteiger partial charge in [-0.3, -0.25) is 4.79 Å². The van der Waals surface area contributed by atoms with E-state index in [0.29, 0.717) is 46.9 Å². The number of hydrogen-bond donors (Lipinski definition) is 2. The Bertz CT molecular complexity index is 825. The zero-order valence-electron chi connectivity index (χ0n) is 14.9.